The Morgan fingerprint density at radius 1 is 1.50 bits per heavy atom. The molecule has 14 heavy (non-hydrogen) atoms. The molecular weight excluding hydrogens is 176 g/mol. The lowest BCUT2D eigenvalue weighted by atomic mass is 10.3. The van der Waals surface area contributed by atoms with Crippen molar-refractivity contribution in [2.75, 3.05) is 12.8 Å². The fraction of sp³-hybridized carbons (Fsp3) is 0.300. The Bertz CT molecular complexity index is 458. The van der Waals surface area contributed by atoms with Crippen LogP contribution in [0.1, 0.15) is 5.82 Å². The lowest BCUT2D eigenvalue weighted by molar-refractivity contribution is 0.719. The zero-order valence-corrected chi connectivity index (χ0v) is 8.41. The zero-order valence-electron chi connectivity index (χ0n) is 8.41. The van der Waals surface area contributed by atoms with Gasteiger partial charge < -0.3 is 15.6 Å². The van der Waals surface area contributed by atoms with Crippen molar-refractivity contribution in [2.45, 2.75) is 6.54 Å². The van der Waals surface area contributed by atoms with E-state index in [-0.39, 0.29) is 0 Å². The maximum atomic E-state index is 5.69. The molecule has 0 spiro atoms. The van der Waals surface area contributed by atoms with E-state index in [1.807, 2.05) is 32.3 Å². The number of hydrogen-bond donors (Lipinski definition) is 2. The second-order valence-electron chi connectivity index (χ2n) is 3.37. The topological polar surface area (TPSA) is 55.9 Å². The highest BCUT2D eigenvalue weighted by Crippen LogP contribution is 2.17. The van der Waals surface area contributed by atoms with Crippen LogP contribution in [0.4, 0.5) is 5.69 Å². The third-order valence-electron chi connectivity index (χ3n) is 2.33. The minimum atomic E-state index is 0.756. The van der Waals surface area contributed by atoms with E-state index in [1.54, 1.807) is 0 Å². The molecule has 1 heterocycles. The second kappa shape index (κ2) is 3.31. The Morgan fingerprint density at radius 3 is 3.00 bits per heavy atom. The number of aryl methyl sites for hydroxylation is 1. The van der Waals surface area contributed by atoms with E-state index >= 15 is 0 Å². The van der Waals surface area contributed by atoms with Crippen LogP contribution in [0.2, 0.25) is 0 Å². The monoisotopic (exact) mass is 190 g/mol. The number of nitrogen functional groups attached to an aromatic ring is 1. The molecule has 1 aromatic heterocycles. The Kier molecular flexibility index (Phi) is 2.13. The zero-order chi connectivity index (χ0) is 10.1. The summed E-state index contributed by atoms with van der Waals surface area (Å²) in [5.41, 5.74) is 8.52. The largest absolute Gasteiger partial charge is 0.399 e. The average molecular weight is 190 g/mol. The van der Waals surface area contributed by atoms with Gasteiger partial charge in [-0.25, -0.2) is 4.98 Å². The molecule has 0 saturated carbocycles. The molecule has 0 aliphatic rings. The van der Waals surface area contributed by atoms with Crippen LogP contribution >= 0.6 is 0 Å². The van der Waals surface area contributed by atoms with Gasteiger partial charge in [0, 0.05) is 12.7 Å². The van der Waals surface area contributed by atoms with Crippen molar-refractivity contribution < 1.29 is 0 Å². The number of benzene rings is 1. The van der Waals surface area contributed by atoms with Crippen LogP contribution < -0.4 is 11.1 Å². The van der Waals surface area contributed by atoms with E-state index in [0.717, 1.165) is 29.1 Å². The SMILES string of the molecule is CNCc1nc2cc(N)ccc2n1C. The summed E-state index contributed by atoms with van der Waals surface area (Å²) in [6, 6.07) is 5.79. The predicted molar refractivity (Wildman–Crippen MR) is 57.9 cm³/mol. The molecule has 0 atom stereocenters. The molecule has 4 nitrogen and oxygen atoms in total. The summed E-state index contributed by atoms with van der Waals surface area (Å²) >= 11 is 0. The maximum absolute atomic E-state index is 5.69. The third kappa shape index (κ3) is 1.33. The van der Waals surface area contributed by atoms with E-state index in [1.165, 1.54) is 0 Å². The molecule has 0 aliphatic heterocycles. The first-order chi connectivity index (χ1) is 6.72. The highest BCUT2D eigenvalue weighted by atomic mass is 15.1. The Morgan fingerprint density at radius 2 is 2.29 bits per heavy atom. The molecule has 0 saturated heterocycles. The van der Waals surface area contributed by atoms with Crippen molar-refractivity contribution in [2.24, 2.45) is 7.05 Å². The number of nitrogens with zero attached hydrogens (tertiary/aromatic N) is 2. The van der Waals surface area contributed by atoms with Crippen molar-refractivity contribution in [3.63, 3.8) is 0 Å². The molecular formula is C10H14N4. The number of fused-ring (bicyclic) bond motifs is 1. The van der Waals surface area contributed by atoms with Crippen LogP contribution in [-0.2, 0) is 13.6 Å². The van der Waals surface area contributed by atoms with Gasteiger partial charge in [-0.05, 0) is 25.2 Å². The van der Waals surface area contributed by atoms with Gasteiger partial charge in [0.2, 0.25) is 0 Å². The number of hydrogen-bond acceptors (Lipinski definition) is 3. The van der Waals surface area contributed by atoms with Gasteiger partial charge in [-0.3, -0.25) is 0 Å². The fourth-order valence-corrected chi connectivity index (χ4v) is 1.58. The van der Waals surface area contributed by atoms with Crippen LogP contribution in [0.5, 0.6) is 0 Å². The molecule has 3 N–H and O–H groups in total. The van der Waals surface area contributed by atoms with Crippen LogP contribution in [0, 0.1) is 0 Å². The first kappa shape index (κ1) is 9.02. The van der Waals surface area contributed by atoms with Crippen molar-refractivity contribution in [1.29, 1.82) is 0 Å². The Hall–Kier alpha value is -1.55. The molecule has 0 bridgehead atoms. The molecule has 1 aromatic carbocycles. The Labute approximate surface area is 82.7 Å². The maximum Gasteiger partial charge on any atom is 0.123 e. The minimum absolute atomic E-state index is 0.756. The standard InChI is InChI=1S/C10H14N4/c1-12-6-10-13-8-5-7(11)3-4-9(8)14(10)2/h3-5,12H,6,11H2,1-2H3. The second-order valence-corrected chi connectivity index (χ2v) is 3.37. The van der Waals surface area contributed by atoms with Gasteiger partial charge in [-0.1, -0.05) is 0 Å². The van der Waals surface area contributed by atoms with E-state index in [9.17, 15) is 0 Å². The summed E-state index contributed by atoms with van der Waals surface area (Å²) in [5.74, 6) is 1.02. The van der Waals surface area contributed by atoms with E-state index in [0.29, 0.717) is 0 Å². The molecule has 0 fully saturated rings. The first-order valence-electron chi connectivity index (χ1n) is 4.58. The lowest BCUT2D eigenvalue weighted by Gasteiger charge is -2.00. The normalized spacial score (nSPS) is 11.0. The fourth-order valence-electron chi connectivity index (χ4n) is 1.58. The van der Waals surface area contributed by atoms with Crippen molar-refractivity contribution >= 4 is 16.7 Å². The summed E-state index contributed by atoms with van der Waals surface area (Å²) in [5, 5.41) is 3.09. The smallest absolute Gasteiger partial charge is 0.123 e. The van der Waals surface area contributed by atoms with E-state index in [4.69, 9.17) is 5.73 Å². The summed E-state index contributed by atoms with van der Waals surface area (Å²) in [6.45, 7) is 0.769. The number of anilines is 1. The molecule has 4 heteroatoms. The number of nitrogens with one attached hydrogen (secondary N) is 1. The number of rotatable bonds is 2. The predicted octanol–water partition coefficient (Wildman–Crippen LogP) is 0.875. The summed E-state index contributed by atoms with van der Waals surface area (Å²) < 4.78 is 2.07. The van der Waals surface area contributed by atoms with E-state index < -0.39 is 0 Å². The average Bonchev–Trinajstić information content (AvgIpc) is 2.44. The van der Waals surface area contributed by atoms with Gasteiger partial charge in [0.1, 0.15) is 5.82 Å². The van der Waals surface area contributed by atoms with Gasteiger partial charge >= 0.3 is 0 Å². The first-order valence-corrected chi connectivity index (χ1v) is 4.58. The number of nitrogens with two attached hydrogens (primary N) is 1. The van der Waals surface area contributed by atoms with Gasteiger partial charge in [0.15, 0.2) is 0 Å². The highest BCUT2D eigenvalue weighted by molar-refractivity contribution is 5.79. The van der Waals surface area contributed by atoms with Crippen molar-refractivity contribution in [3.8, 4) is 0 Å². The van der Waals surface area contributed by atoms with Gasteiger partial charge in [-0.15, -0.1) is 0 Å². The van der Waals surface area contributed by atoms with Gasteiger partial charge in [-0.2, -0.15) is 0 Å². The lowest BCUT2D eigenvalue weighted by Crippen LogP contribution is -2.10. The van der Waals surface area contributed by atoms with Crippen LogP contribution in [0.15, 0.2) is 18.2 Å². The van der Waals surface area contributed by atoms with Crippen LogP contribution in [0.3, 0.4) is 0 Å². The van der Waals surface area contributed by atoms with Crippen LogP contribution in [0.25, 0.3) is 11.0 Å². The molecule has 0 aliphatic carbocycles. The molecule has 0 radical (unpaired) electrons. The van der Waals surface area contributed by atoms with Crippen LogP contribution in [-0.4, -0.2) is 16.6 Å². The highest BCUT2D eigenvalue weighted by Gasteiger charge is 2.06. The molecule has 2 rings (SSSR count). The van der Waals surface area contributed by atoms with E-state index in [2.05, 4.69) is 14.9 Å². The Balaban J connectivity index is 2.61. The van der Waals surface area contributed by atoms with Crippen molar-refractivity contribution in [1.82, 2.24) is 14.9 Å². The molecule has 74 valence electrons. The molecule has 0 amide bonds. The minimum Gasteiger partial charge on any atom is -0.399 e. The van der Waals surface area contributed by atoms with Gasteiger partial charge in [0.25, 0.3) is 0 Å². The summed E-state index contributed by atoms with van der Waals surface area (Å²) in [4.78, 5) is 4.48. The summed E-state index contributed by atoms with van der Waals surface area (Å²) in [6.07, 6.45) is 0. The summed E-state index contributed by atoms with van der Waals surface area (Å²) in [7, 11) is 3.92. The van der Waals surface area contributed by atoms with Gasteiger partial charge in [0.05, 0.1) is 17.6 Å². The number of imidazole rings is 1. The number of aromatic nitrogens is 2. The molecule has 2 aromatic rings. The van der Waals surface area contributed by atoms with Crippen molar-refractivity contribution in [3.05, 3.63) is 24.0 Å². The molecule has 0 unspecified atom stereocenters. The quantitative estimate of drug-likeness (QED) is 0.691. The third-order valence-corrected chi connectivity index (χ3v) is 2.33.